The monoisotopic (exact) mass is 641 g/mol. The van der Waals surface area contributed by atoms with Gasteiger partial charge in [-0.25, -0.2) is 4.99 Å². The van der Waals surface area contributed by atoms with Crippen molar-refractivity contribution in [2.75, 3.05) is 7.11 Å². The summed E-state index contributed by atoms with van der Waals surface area (Å²) in [4.78, 5) is 17.7. The molecule has 5 N–H and O–H groups in total. The van der Waals surface area contributed by atoms with Crippen LogP contribution in [0.1, 0.15) is 126 Å². The number of ether oxygens (including phenoxy) is 2. The number of ketones is 1. The lowest BCUT2D eigenvalue weighted by Gasteiger charge is -2.60. The molecule has 1 aromatic carbocycles. The zero-order valence-corrected chi connectivity index (χ0v) is 28.7. The smallest absolute Gasteiger partial charge is 0.186 e. The fourth-order valence-electron chi connectivity index (χ4n) is 9.87. The van der Waals surface area contributed by atoms with Crippen molar-refractivity contribution in [1.29, 1.82) is 0 Å². The van der Waals surface area contributed by atoms with Crippen molar-refractivity contribution in [1.82, 2.24) is 0 Å². The number of methoxy groups -OCH3 is 1. The molecular weight excluding hydrogens is 586 g/mol. The normalized spacial score (nSPS) is 31.6. The minimum atomic E-state index is -0.140. The van der Waals surface area contributed by atoms with Crippen LogP contribution in [-0.4, -0.2) is 42.2 Å². The minimum absolute atomic E-state index is 0.00207. The average Bonchev–Trinajstić information content (AvgIpc) is 3.55. The fraction of sp³-hybridized carbons (Fsp3) is 0.650. The van der Waals surface area contributed by atoms with E-state index in [4.69, 9.17) is 20.9 Å². The molecule has 7 heteroatoms. The van der Waals surface area contributed by atoms with E-state index in [1.807, 2.05) is 19.3 Å². The number of aryl methyl sites for hydroxylation is 1. The zero-order valence-electron chi connectivity index (χ0n) is 28.7. The van der Waals surface area contributed by atoms with Crippen LogP contribution in [0.25, 0.3) is 0 Å². The van der Waals surface area contributed by atoms with Gasteiger partial charge in [0, 0.05) is 37.0 Å². The van der Waals surface area contributed by atoms with Gasteiger partial charge in [0.15, 0.2) is 23.2 Å². The number of rotatable bonds is 10. The number of allylic oxidation sites excluding steroid dienone is 4. The maximum absolute atomic E-state index is 13.0. The first-order valence-corrected chi connectivity index (χ1v) is 18.3. The van der Waals surface area contributed by atoms with Crippen LogP contribution in [0, 0.1) is 35.0 Å². The minimum Gasteiger partial charge on any atom is -0.504 e. The lowest BCUT2D eigenvalue weighted by Crippen LogP contribution is -2.53. The molecule has 1 spiro atoms. The molecule has 3 fully saturated rings. The topological polar surface area (TPSA) is 120 Å². The lowest BCUT2D eigenvalue weighted by atomic mass is 9.45. The Hall–Kier alpha value is -3.24. The number of carbonyl (C=O) groups is 1. The highest BCUT2D eigenvalue weighted by Gasteiger charge is 2.59. The summed E-state index contributed by atoms with van der Waals surface area (Å²) in [5.74, 6) is 8.88. The largest absolute Gasteiger partial charge is 0.504 e. The van der Waals surface area contributed by atoms with Gasteiger partial charge in [0.05, 0.1) is 18.2 Å². The van der Waals surface area contributed by atoms with Crippen molar-refractivity contribution in [3.05, 3.63) is 46.6 Å². The Morgan fingerprint density at radius 2 is 2.02 bits per heavy atom. The number of aliphatic imine (C=N–C) groups is 1. The summed E-state index contributed by atoms with van der Waals surface area (Å²) in [6.45, 7) is 4.50. The lowest BCUT2D eigenvalue weighted by molar-refractivity contribution is -0.114. The van der Waals surface area contributed by atoms with Crippen molar-refractivity contribution >= 4 is 11.7 Å². The van der Waals surface area contributed by atoms with Gasteiger partial charge in [-0.15, -0.1) is 0 Å². The third-order valence-electron chi connectivity index (χ3n) is 11.9. The highest BCUT2D eigenvalue weighted by Crippen LogP contribution is 2.67. The summed E-state index contributed by atoms with van der Waals surface area (Å²) < 4.78 is 13.0. The zero-order chi connectivity index (χ0) is 33.1. The number of phenolic OH excluding ortho intramolecular Hbond substituents is 1. The van der Waals surface area contributed by atoms with Gasteiger partial charge >= 0.3 is 0 Å². The summed E-state index contributed by atoms with van der Waals surface area (Å²) in [7, 11) is 1.84. The predicted octanol–water partition coefficient (Wildman–Crippen LogP) is 7.23. The first-order chi connectivity index (χ1) is 22.7. The van der Waals surface area contributed by atoms with Crippen LogP contribution in [0.15, 0.2) is 34.9 Å². The molecule has 6 rings (SSSR count). The highest BCUT2D eigenvalue weighted by atomic mass is 16.5. The molecule has 0 radical (unpaired) electrons. The molecule has 7 nitrogen and oxygen atoms in total. The molecule has 5 aliphatic rings. The van der Waals surface area contributed by atoms with Gasteiger partial charge < -0.3 is 26.0 Å². The third-order valence-corrected chi connectivity index (χ3v) is 11.9. The van der Waals surface area contributed by atoms with E-state index in [0.29, 0.717) is 30.9 Å². The summed E-state index contributed by atoms with van der Waals surface area (Å²) in [5, 5.41) is 12.5. The van der Waals surface area contributed by atoms with Gasteiger partial charge in [-0.3, -0.25) is 4.79 Å². The number of phenols is 1. The molecule has 4 bridgehead atoms. The Kier molecular flexibility index (Phi) is 10.4. The standard InChI is InChI=1S/C40H55N3O4/c1-4-5-6-11-30(44)18-16-26-23-34(47-31-12-7-8-13-31)38(45)36-32(26)14-9-10-29(43-39(41)42)22-27-21-28-17-15-25(2)24-40(28)20-19-33(46-3)35(27)37(36)40/h6,11,21,23,25,27,29,31,33,35,37,45H,4-5,7-8,10,12-13,15-20,22,24H2,1-3H3,(H4,41,42,43)/t25-,27-,29-,33+,35+,37+,40+/m0/s1. The number of benzene rings is 1. The van der Waals surface area contributed by atoms with E-state index in [2.05, 4.69) is 36.8 Å². The number of hydrogen-bond acceptors (Lipinski definition) is 5. The van der Waals surface area contributed by atoms with Gasteiger partial charge in [0.1, 0.15) is 0 Å². The first kappa shape index (κ1) is 33.7. The molecule has 1 aromatic rings. The molecule has 0 heterocycles. The van der Waals surface area contributed by atoms with E-state index in [0.717, 1.165) is 87.3 Å². The predicted molar refractivity (Wildman–Crippen MR) is 187 cm³/mol. The number of hydrogen-bond donors (Lipinski definition) is 3. The average molecular weight is 642 g/mol. The molecule has 47 heavy (non-hydrogen) atoms. The Balaban J connectivity index is 1.57. The van der Waals surface area contributed by atoms with Crippen LogP contribution in [0.2, 0.25) is 0 Å². The molecule has 0 aromatic heterocycles. The Bertz CT molecular complexity index is 1470. The van der Waals surface area contributed by atoms with Crippen LogP contribution < -0.4 is 16.2 Å². The fourth-order valence-corrected chi connectivity index (χ4v) is 9.87. The van der Waals surface area contributed by atoms with E-state index in [1.165, 1.54) is 12.0 Å². The van der Waals surface area contributed by atoms with Crippen LogP contribution in [0.5, 0.6) is 11.5 Å². The molecule has 7 atom stereocenters. The number of carbonyl (C=O) groups excluding carboxylic acids is 1. The molecule has 0 saturated heterocycles. The Morgan fingerprint density at radius 3 is 2.77 bits per heavy atom. The summed E-state index contributed by atoms with van der Waals surface area (Å²) >= 11 is 0. The van der Waals surface area contributed by atoms with E-state index in [9.17, 15) is 9.90 Å². The highest BCUT2D eigenvalue weighted by molar-refractivity contribution is 5.89. The van der Waals surface area contributed by atoms with Crippen LogP contribution in [0.4, 0.5) is 0 Å². The van der Waals surface area contributed by atoms with Gasteiger partial charge in [-0.1, -0.05) is 49.8 Å². The second kappa shape index (κ2) is 14.5. The molecular formula is C40H55N3O4. The first-order valence-electron chi connectivity index (χ1n) is 18.3. The summed E-state index contributed by atoms with van der Waals surface area (Å²) in [5.41, 5.74) is 16.1. The number of unbranched alkanes of at least 4 members (excludes halogenated alkanes) is 1. The third kappa shape index (κ3) is 6.86. The Labute approximate surface area is 281 Å². The second-order valence-corrected chi connectivity index (χ2v) is 15.0. The number of nitrogens with zero attached hydrogens (tertiary/aromatic N) is 1. The molecule has 0 aliphatic heterocycles. The SMILES string of the molecule is CCCC=CC(=O)CCc1cc(OC2CCCC2)c(O)c2c1C#CC[C@H](N=C(N)N)C[C@@H]1C=C3CC[C@H](C)C[C@]34CC[C@@H](OC)[C@@H]1[C@H]24. The molecule has 0 amide bonds. The van der Waals surface area contributed by atoms with Crippen molar-refractivity contribution < 1.29 is 19.4 Å². The van der Waals surface area contributed by atoms with E-state index < -0.39 is 0 Å². The number of nitrogens with two attached hydrogens (primary N) is 2. The Morgan fingerprint density at radius 1 is 1.21 bits per heavy atom. The molecule has 254 valence electrons. The van der Waals surface area contributed by atoms with E-state index >= 15 is 0 Å². The van der Waals surface area contributed by atoms with Crippen LogP contribution in [-0.2, 0) is 16.0 Å². The summed E-state index contributed by atoms with van der Waals surface area (Å²) in [6, 6.07) is 1.85. The van der Waals surface area contributed by atoms with E-state index in [1.54, 1.807) is 6.08 Å². The van der Waals surface area contributed by atoms with Gasteiger partial charge in [-0.2, -0.15) is 0 Å². The molecule has 5 aliphatic carbocycles. The van der Waals surface area contributed by atoms with Gasteiger partial charge in [-0.05, 0) is 118 Å². The maximum Gasteiger partial charge on any atom is 0.186 e. The van der Waals surface area contributed by atoms with Gasteiger partial charge in [0.2, 0.25) is 0 Å². The van der Waals surface area contributed by atoms with Crippen molar-refractivity contribution in [2.45, 2.75) is 134 Å². The van der Waals surface area contributed by atoms with Crippen molar-refractivity contribution in [3.63, 3.8) is 0 Å². The number of fused-ring (bicyclic) bond motifs is 1. The van der Waals surface area contributed by atoms with E-state index in [-0.39, 0.29) is 58.9 Å². The quantitative estimate of drug-likeness (QED) is 0.0815. The van der Waals surface area contributed by atoms with Crippen molar-refractivity contribution in [3.8, 4) is 23.3 Å². The van der Waals surface area contributed by atoms with Crippen LogP contribution in [0.3, 0.4) is 0 Å². The van der Waals surface area contributed by atoms with Crippen LogP contribution >= 0.6 is 0 Å². The maximum atomic E-state index is 13.0. The number of aromatic hydroxyl groups is 1. The summed E-state index contributed by atoms with van der Waals surface area (Å²) in [6.07, 6.45) is 20.1. The second-order valence-electron chi connectivity index (χ2n) is 15.0. The molecule has 3 saturated carbocycles. The number of guanidine groups is 1. The molecule has 0 unspecified atom stereocenters. The van der Waals surface area contributed by atoms with Crippen molar-refractivity contribution in [2.24, 2.45) is 39.6 Å². The van der Waals surface area contributed by atoms with Gasteiger partial charge in [0.25, 0.3) is 0 Å².